The van der Waals surface area contributed by atoms with Crippen LogP contribution in [0.1, 0.15) is 118 Å². The van der Waals surface area contributed by atoms with Crippen molar-refractivity contribution in [3.05, 3.63) is 24.3 Å². The molecule has 6 nitrogen and oxygen atoms in total. The van der Waals surface area contributed by atoms with Crippen molar-refractivity contribution in [1.82, 2.24) is 0 Å². The van der Waals surface area contributed by atoms with Gasteiger partial charge in [0.25, 0.3) is 0 Å². The Morgan fingerprint density at radius 2 is 1.27 bits per heavy atom. The minimum atomic E-state index is -3.49. The molecule has 1 aromatic rings. The maximum atomic E-state index is 12.5. The minimum absolute atomic E-state index is 0.0610. The molecule has 0 saturated heterocycles. The fraction of sp³-hybridized carbons (Fsp3) is 0.724. The summed E-state index contributed by atoms with van der Waals surface area (Å²) in [5.41, 5.74) is -0.0143. The summed E-state index contributed by atoms with van der Waals surface area (Å²) in [5.74, 6) is -0.952. The zero-order valence-electron chi connectivity index (χ0n) is 23.4. The monoisotopic (exact) mass is 556 g/mol. The van der Waals surface area contributed by atoms with Crippen LogP contribution in [0.25, 0.3) is 0 Å². The van der Waals surface area contributed by atoms with Crippen LogP contribution in [-0.2, 0) is 19.6 Å². The number of sulfonamides is 1. The molecule has 0 aromatic heterocycles. The third-order valence-electron chi connectivity index (χ3n) is 6.37. The Morgan fingerprint density at radius 1 is 0.811 bits per heavy atom. The minimum Gasteiger partial charge on any atom is -0.324 e. The molecule has 0 aliphatic carbocycles. The van der Waals surface area contributed by atoms with E-state index in [4.69, 9.17) is 11.6 Å². The molecule has 0 bridgehead atoms. The average molecular weight is 557 g/mol. The van der Waals surface area contributed by atoms with Crippen LogP contribution in [0.3, 0.4) is 0 Å². The zero-order valence-corrected chi connectivity index (χ0v) is 25.0. The second-order valence-electron chi connectivity index (χ2n) is 11.1. The number of nitrogens with one attached hydrogen (secondary N) is 2. The van der Waals surface area contributed by atoms with Gasteiger partial charge in [-0.3, -0.25) is 14.3 Å². The van der Waals surface area contributed by atoms with Gasteiger partial charge in [-0.05, 0) is 24.6 Å². The van der Waals surface area contributed by atoms with Crippen LogP contribution >= 0.6 is 11.6 Å². The van der Waals surface area contributed by atoms with Crippen molar-refractivity contribution in [2.75, 3.05) is 15.8 Å². The predicted octanol–water partition coefficient (Wildman–Crippen LogP) is 8.07. The number of rotatable bonds is 20. The number of carbonyl (C=O) groups is 2. The zero-order chi connectivity index (χ0) is 27.7. The molecular weight excluding hydrogens is 508 g/mol. The number of anilines is 2. The molecule has 8 heteroatoms. The van der Waals surface area contributed by atoms with Gasteiger partial charge in [-0.2, -0.15) is 0 Å². The van der Waals surface area contributed by atoms with Gasteiger partial charge in [-0.25, -0.2) is 8.42 Å². The summed E-state index contributed by atoms with van der Waals surface area (Å²) in [7, 11) is -3.49. The Balaban J connectivity index is 2.27. The van der Waals surface area contributed by atoms with Gasteiger partial charge >= 0.3 is 0 Å². The Morgan fingerprint density at radius 3 is 1.76 bits per heavy atom. The predicted molar refractivity (Wildman–Crippen MR) is 157 cm³/mol. The van der Waals surface area contributed by atoms with Gasteiger partial charge in [0, 0.05) is 11.1 Å². The second-order valence-corrected chi connectivity index (χ2v) is 13.3. The van der Waals surface area contributed by atoms with Crippen molar-refractivity contribution >= 4 is 44.7 Å². The van der Waals surface area contributed by atoms with Crippen LogP contribution in [0.15, 0.2) is 24.3 Å². The molecule has 0 radical (unpaired) electrons. The van der Waals surface area contributed by atoms with Crippen LogP contribution < -0.4 is 10.0 Å². The fourth-order valence-electron chi connectivity index (χ4n) is 4.08. The van der Waals surface area contributed by atoms with E-state index in [0.717, 1.165) is 19.3 Å². The molecule has 0 aliphatic rings. The molecule has 1 unspecified atom stereocenters. The summed E-state index contributed by atoms with van der Waals surface area (Å²) in [4.78, 5) is 24.6. The molecule has 0 saturated carbocycles. The first-order valence-corrected chi connectivity index (χ1v) is 16.1. The second kappa shape index (κ2) is 17.8. The number of carbonyl (C=O) groups excluding carboxylic acids is 2. The van der Waals surface area contributed by atoms with Gasteiger partial charge in [-0.15, -0.1) is 11.6 Å². The molecule has 1 amide bonds. The van der Waals surface area contributed by atoms with Crippen molar-refractivity contribution in [3.8, 4) is 0 Å². The molecule has 1 atom stereocenters. The number of amides is 1. The fourth-order valence-corrected chi connectivity index (χ4v) is 5.64. The van der Waals surface area contributed by atoms with E-state index in [2.05, 4.69) is 17.0 Å². The van der Waals surface area contributed by atoms with Crippen molar-refractivity contribution < 1.29 is 18.0 Å². The van der Waals surface area contributed by atoms with Crippen LogP contribution in [-0.4, -0.2) is 31.2 Å². The largest absolute Gasteiger partial charge is 0.324 e. The van der Waals surface area contributed by atoms with Crippen LogP contribution in [0, 0.1) is 5.41 Å². The highest BCUT2D eigenvalue weighted by Crippen LogP contribution is 2.22. The van der Waals surface area contributed by atoms with E-state index in [0.29, 0.717) is 17.8 Å². The molecule has 0 heterocycles. The summed E-state index contributed by atoms with van der Waals surface area (Å²) < 4.78 is 27.6. The Hall–Kier alpha value is -1.60. The van der Waals surface area contributed by atoms with Gasteiger partial charge in [0.15, 0.2) is 11.2 Å². The topological polar surface area (TPSA) is 92.3 Å². The quantitative estimate of drug-likeness (QED) is 0.0964. The number of benzene rings is 1. The van der Waals surface area contributed by atoms with Gasteiger partial charge in [0.2, 0.25) is 15.9 Å². The number of alkyl halides is 1. The molecule has 0 fully saturated rings. The third kappa shape index (κ3) is 15.4. The number of hydrogen-bond acceptors (Lipinski definition) is 4. The number of ketones is 1. The SMILES string of the molecule is CCCCCCCCCCCCCCCCS(=O)(=O)Nc1cccc(NC(=O)C(Cl)C(=O)C(C)(C)C)c1. The standard InChI is InChI=1S/C29H49ClN2O4S/c1-5-6-7-8-9-10-11-12-13-14-15-16-17-18-22-37(35,36)32-25-21-19-20-24(23-25)31-28(34)26(30)27(33)29(2,3)4/h19-21,23,26,32H,5-18,22H2,1-4H3,(H,31,34). The lowest BCUT2D eigenvalue weighted by Gasteiger charge is -2.20. The van der Waals surface area contributed by atoms with Crippen LogP contribution in [0.2, 0.25) is 0 Å². The van der Waals surface area contributed by atoms with Crippen LogP contribution in [0.4, 0.5) is 11.4 Å². The van der Waals surface area contributed by atoms with Crippen molar-refractivity contribution in [2.45, 2.75) is 123 Å². The molecule has 1 rings (SSSR count). The summed E-state index contributed by atoms with van der Waals surface area (Å²) in [6.45, 7) is 7.35. The molecular formula is C29H49ClN2O4S. The van der Waals surface area contributed by atoms with Gasteiger partial charge in [0.05, 0.1) is 11.4 Å². The summed E-state index contributed by atoms with van der Waals surface area (Å²) in [6, 6.07) is 6.39. The molecule has 212 valence electrons. The van der Waals surface area contributed by atoms with Crippen LogP contribution in [0.5, 0.6) is 0 Å². The van der Waals surface area contributed by atoms with E-state index in [1.165, 1.54) is 70.3 Å². The maximum Gasteiger partial charge on any atom is 0.250 e. The maximum absolute atomic E-state index is 12.5. The van der Waals surface area contributed by atoms with Gasteiger partial charge < -0.3 is 5.32 Å². The number of unbranched alkanes of at least 4 members (excludes halogenated alkanes) is 13. The highest BCUT2D eigenvalue weighted by atomic mass is 35.5. The molecule has 0 aliphatic heterocycles. The number of Topliss-reactive ketones (excluding diaryl/α,β-unsaturated/α-hetero) is 1. The van der Waals surface area contributed by atoms with E-state index < -0.39 is 26.7 Å². The Bertz CT molecular complexity index is 913. The summed E-state index contributed by atoms with van der Waals surface area (Å²) >= 11 is 6.04. The average Bonchev–Trinajstić information content (AvgIpc) is 2.82. The summed E-state index contributed by atoms with van der Waals surface area (Å²) in [5, 5.41) is 1.27. The van der Waals surface area contributed by atoms with Crippen molar-refractivity contribution in [2.24, 2.45) is 5.41 Å². The smallest absolute Gasteiger partial charge is 0.250 e. The first-order chi connectivity index (χ1) is 17.5. The molecule has 0 spiro atoms. The summed E-state index contributed by atoms with van der Waals surface area (Å²) in [6.07, 6.45) is 17.0. The molecule has 37 heavy (non-hydrogen) atoms. The highest BCUT2D eigenvalue weighted by Gasteiger charge is 2.33. The number of halogens is 1. The lowest BCUT2D eigenvalue weighted by atomic mass is 9.88. The normalized spacial score (nSPS) is 12.8. The first kappa shape index (κ1) is 33.4. The molecule has 1 aromatic carbocycles. The van der Waals surface area contributed by atoms with Gasteiger partial charge in [0.1, 0.15) is 0 Å². The van der Waals surface area contributed by atoms with Crippen molar-refractivity contribution in [1.29, 1.82) is 0 Å². The lowest BCUT2D eigenvalue weighted by molar-refractivity contribution is -0.130. The highest BCUT2D eigenvalue weighted by molar-refractivity contribution is 7.92. The number of hydrogen-bond donors (Lipinski definition) is 2. The Labute approximate surface area is 230 Å². The Kier molecular flexibility index (Phi) is 16.1. The van der Waals surface area contributed by atoms with E-state index in [1.54, 1.807) is 39.0 Å². The first-order valence-electron chi connectivity index (χ1n) is 14.1. The lowest BCUT2D eigenvalue weighted by Crippen LogP contribution is -2.37. The van der Waals surface area contributed by atoms with Gasteiger partial charge in [-0.1, -0.05) is 117 Å². The van der Waals surface area contributed by atoms with Crippen molar-refractivity contribution in [3.63, 3.8) is 0 Å². The van der Waals surface area contributed by atoms with E-state index in [1.807, 2.05) is 0 Å². The molecule has 2 N–H and O–H groups in total. The third-order valence-corrected chi connectivity index (χ3v) is 8.14. The van der Waals surface area contributed by atoms with E-state index in [-0.39, 0.29) is 11.5 Å². The van der Waals surface area contributed by atoms with E-state index in [9.17, 15) is 18.0 Å². The van der Waals surface area contributed by atoms with E-state index >= 15 is 0 Å².